The monoisotopic (exact) mass is 467 g/mol. The quantitative estimate of drug-likeness (QED) is 0.231. The molecule has 0 saturated heterocycles. The lowest BCUT2D eigenvalue weighted by atomic mass is 10.1. The fraction of sp³-hybridized carbons (Fsp3) is 0.0455. The summed E-state index contributed by atoms with van der Waals surface area (Å²) in [5.41, 5.74) is 3.12. The van der Waals surface area contributed by atoms with Crippen molar-refractivity contribution in [1.29, 1.82) is 0 Å². The van der Waals surface area contributed by atoms with Gasteiger partial charge in [-0.05, 0) is 24.3 Å². The van der Waals surface area contributed by atoms with E-state index in [1.807, 2.05) is 0 Å². The van der Waals surface area contributed by atoms with Gasteiger partial charge in [-0.25, -0.2) is 9.78 Å². The van der Waals surface area contributed by atoms with Crippen LogP contribution in [0.5, 0.6) is 0 Å². The van der Waals surface area contributed by atoms with Gasteiger partial charge < -0.3 is 10.1 Å². The van der Waals surface area contributed by atoms with Gasteiger partial charge in [0.15, 0.2) is 0 Å². The van der Waals surface area contributed by atoms with Crippen molar-refractivity contribution in [3.8, 4) is 0 Å². The molecule has 0 aliphatic heterocycles. The van der Waals surface area contributed by atoms with Crippen LogP contribution >= 0.6 is 22.9 Å². The number of fused-ring (bicyclic) bond motifs is 1. The Morgan fingerprint density at radius 3 is 2.59 bits per heavy atom. The molecule has 32 heavy (non-hydrogen) atoms. The number of nitro benzene ring substituents is 1. The van der Waals surface area contributed by atoms with Crippen LogP contribution < -0.4 is 5.32 Å². The van der Waals surface area contributed by atoms with Gasteiger partial charge in [0.1, 0.15) is 0 Å². The van der Waals surface area contributed by atoms with Crippen molar-refractivity contribution in [2.24, 2.45) is 0 Å². The Balaban J connectivity index is 1.60. The SMILES string of the molecule is O=C(OC(C(=O)Nc1ccc([N+](=O)[O-])cc1Cl)c1ccccc1)c1ccc2ncsc2c1. The van der Waals surface area contributed by atoms with Crippen molar-refractivity contribution in [1.82, 2.24) is 4.98 Å². The largest absolute Gasteiger partial charge is 0.444 e. The summed E-state index contributed by atoms with van der Waals surface area (Å²) in [5.74, 6) is -1.33. The normalized spacial score (nSPS) is 11.7. The molecule has 1 aromatic heterocycles. The molecule has 10 heteroatoms. The number of hydrogen-bond donors (Lipinski definition) is 1. The van der Waals surface area contributed by atoms with Gasteiger partial charge in [-0.1, -0.05) is 41.9 Å². The minimum Gasteiger partial charge on any atom is -0.444 e. The van der Waals surface area contributed by atoms with Crippen LogP contribution in [0.15, 0.2) is 72.2 Å². The van der Waals surface area contributed by atoms with Crippen molar-refractivity contribution in [3.63, 3.8) is 0 Å². The number of carbonyl (C=O) groups is 2. The highest BCUT2D eigenvalue weighted by Gasteiger charge is 2.27. The summed E-state index contributed by atoms with van der Waals surface area (Å²) >= 11 is 7.47. The average molecular weight is 468 g/mol. The maximum absolute atomic E-state index is 13.0. The summed E-state index contributed by atoms with van der Waals surface area (Å²) in [6.45, 7) is 0. The van der Waals surface area contributed by atoms with E-state index in [1.54, 1.807) is 54.0 Å². The molecule has 1 unspecified atom stereocenters. The lowest BCUT2D eigenvalue weighted by Gasteiger charge is -2.18. The van der Waals surface area contributed by atoms with Crippen LogP contribution in [0.1, 0.15) is 22.0 Å². The number of halogens is 1. The number of nitro groups is 1. The smallest absolute Gasteiger partial charge is 0.339 e. The molecule has 0 radical (unpaired) electrons. The molecule has 1 N–H and O–H groups in total. The zero-order valence-corrected chi connectivity index (χ0v) is 17.8. The Kier molecular flexibility index (Phi) is 6.11. The first-order valence-electron chi connectivity index (χ1n) is 9.26. The Labute approximate surface area is 190 Å². The van der Waals surface area contributed by atoms with E-state index in [0.29, 0.717) is 5.56 Å². The van der Waals surface area contributed by atoms with Gasteiger partial charge in [0, 0.05) is 17.7 Å². The maximum atomic E-state index is 13.0. The van der Waals surface area contributed by atoms with E-state index < -0.39 is 22.9 Å². The number of carbonyl (C=O) groups excluding carboxylic acids is 2. The van der Waals surface area contributed by atoms with E-state index in [-0.39, 0.29) is 22.0 Å². The van der Waals surface area contributed by atoms with Crippen LogP contribution in [0.3, 0.4) is 0 Å². The molecule has 0 aliphatic carbocycles. The van der Waals surface area contributed by atoms with E-state index in [4.69, 9.17) is 16.3 Å². The third-order valence-corrected chi connectivity index (χ3v) is 5.66. The molecule has 1 atom stereocenters. The summed E-state index contributed by atoms with van der Waals surface area (Å²) in [4.78, 5) is 40.3. The molecule has 0 bridgehead atoms. The zero-order chi connectivity index (χ0) is 22.7. The second-order valence-electron chi connectivity index (χ2n) is 6.64. The average Bonchev–Trinajstić information content (AvgIpc) is 3.27. The van der Waals surface area contributed by atoms with Gasteiger partial charge in [-0.15, -0.1) is 11.3 Å². The first-order valence-corrected chi connectivity index (χ1v) is 10.5. The Morgan fingerprint density at radius 1 is 1.09 bits per heavy atom. The topological polar surface area (TPSA) is 111 Å². The molecule has 4 aromatic rings. The van der Waals surface area contributed by atoms with Crippen molar-refractivity contribution >= 4 is 56.4 Å². The predicted octanol–water partition coefficient (Wildman–Crippen LogP) is 5.39. The third-order valence-electron chi connectivity index (χ3n) is 4.55. The Morgan fingerprint density at radius 2 is 1.88 bits per heavy atom. The van der Waals surface area contributed by atoms with E-state index in [9.17, 15) is 19.7 Å². The standard InChI is InChI=1S/C22H14ClN3O5S/c23-16-11-15(26(29)30)7-9-17(16)25-21(27)20(13-4-2-1-3-5-13)31-22(28)14-6-8-18-19(10-14)32-12-24-18/h1-12,20H,(H,25,27). The van der Waals surface area contributed by atoms with Crippen LogP contribution in [-0.2, 0) is 9.53 Å². The molecule has 160 valence electrons. The predicted molar refractivity (Wildman–Crippen MR) is 121 cm³/mol. The molecule has 0 aliphatic rings. The van der Waals surface area contributed by atoms with Crippen LogP contribution in [0.4, 0.5) is 11.4 Å². The highest BCUT2D eigenvalue weighted by molar-refractivity contribution is 7.16. The number of non-ortho nitro benzene ring substituents is 1. The number of esters is 1. The summed E-state index contributed by atoms with van der Waals surface area (Å²) < 4.78 is 6.38. The Bertz CT molecular complexity index is 1330. The van der Waals surface area contributed by atoms with E-state index in [0.717, 1.165) is 16.3 Å². The first-order chi connectivity index (χ1) is 15.4. The number of amides is 1. The lowest BCUT2D eigenvalue weighted by Crippen LogP contribution is -2.26. The number of ether oxygens (including phenoxy) is 1. The van der Waals surface area contributed by atoms with Gasteiger partial charge in [0.25, 0.3) is 11.6 Å². The molecule has 1 amide bonds. The van der Waals surface area contributed by atoms with E-state index >= 15 is 0 Å². The second-order valence-corrected chi connectivity index (χ2v) is 7.93. The number of nitrogens with one attached hydrogen (secondary N) is 1. The van der Waals surface area contributed by atoms with Gasteiger partial charge >= 0.3 is 5.97 Å². The fourth-order valence-corrected chi connectivity index (χ4v) is 3.91. The molecule has 0 spiro atoms. The molecule has 1 heterocycles. The zero-order valence-electron chi connectivity index (χ0n) is 16.2. The molecule has 0 saturated carbocycles. The van der Waals surface area contributed by atoms with Crippen LogP contribution in [0.25, 0.3) is 10.2 Å². The molecular weight excluding hydrogens is 454 g/mol. The van der Waals surface area contributed by atoms with Crippen LogP contribution in [-0.4, -0.2) is 21.8 Å². The maximum Gasteiger partial charge on any atom is 0.339 e. The van der Waals surface area contributed by atoms with Crippen molar-refractivity contribution < 1.29 is 19.2 Å². The number of anilines is 1. The van der Waals surface area contributed by atoms with Crippen molar-refractivity contribution in [2.45, 2.75) is 6.10 Å². The number of rotatable bonds is 6. The van der Waals surface area contributed by atoms with Gasteiger partial charge in [-0.3, -0.25) is 14.9 Å². The van der Waals surface area contributed by atoms with Crippen LogP contribution in [0, 0.1) is 10.1 Å². The minimum atomic E-state index is -1.27. The Hall–Kier alpha value is -3.82. The summed E-state index contributed by atoms with van der Waals surface area (Å²) in [6, 6.07) is 17.1. The van der Waals surface area contributed by atoms with E-state index in [1.165, 1.54) is 23.5 Å². The summed E-state index contributed by atoms with van der Waals surface area (Å²) in [7, 11) is 0. The molecular formula is C22H14ClN3O5S. The highest BCUT2D eigenvalue weighted by Crippen LogP contribution is 2.29. The first kappa shape index (κ1) is 21.4. The minimum absolute atomic E-state index is 0.0127. The second kappa shape index (κ2) is 9.13. The lowest BCUT2D eigenvalue weighted by molar-refractivity contribution is -0.384. The fourth-order valence-electron chi connectivity index (χ4n) is 2.98. The van der Waals surface area contributed by atoms with Gasteiger partial charge in [-0.2, -0.15) is 0 Å². The molecule has 3 aromatic carbocycles. The number of benzene rings is 3. The van der Waals surface area contributed by atoms with Crippen molar-refractivity contribution in [2.75, 3.05) is 5.32 Å². The number of aromatic nitrogens is 1. The summed E-state index contributed by atoms with van der Waals surface area (Å²) in [6.07, 6.45) is -1.27. The highest BCUT2D eigenvalue weighted by atomic mass is 35.5. The molecule has 0 fully saturated rings. The number of thiazole rings is 1. The van der Waals surface area contributed by atoms with Crippen molar-refractivity contribution in [3.05, 3.63) is 98.5 Å². The number of nitrogens with zero attached hydrogens (tertiary/aromatic N) is 2. The molecule has 4 rings (SSSR count). The molecule has 8 nitrogen and oxygen atoms in total. The van der Waals surface area contributed by atoms with E-state index in [2.05, 4.69) is 10.3 Å². The van der Waals surface area contributed by atoms with Crippen LogP contribution in [0.2, 0.25) is 5.02 Å². The van der Waals surface area contributed by atoms with Gasteiger partial charge in [0.05, 0.1) is 36.9 Å². The summed E-state index contributed by atoms with van der Waals surface area (Å²) in [5, 5.41) is 13.5. The number of hydrogen-bond acceptors (Lipinski definition) is 7. The third kappa shape index (κ3) is 4.58. The van der Waals surface area contributed by atoms with Gasteiger partial charge in [0.2, 0.25) is 6.10 Å².